The lowest BCUT2D eigenvalue weighted by molar-refractivity contribution is 0.272. The topological polar surface area (TPSA) is 15.3 Å². The van der Waals surface area contributed by atoms with Crippen molar-refractivity contribution in [2.45, 2.75) is 19.4 Å². The highest BCUT2D eigenvalue weighted by Gasteiger charge is 2.33. The molecule has 1 aromatic rings. The summed E-state index contributed by atoms with van der Waals surface area (Å²) in [5.74, 6) is 0.657. The summed E-state index contributed by atoms with van der Waals surface area (Å²) in [6.45, 7) is 5.41. The van der Waals surface area contributed by atoms with Gasteiger partial charge in [-0.2, -0.15) is 0 Å². The molecule has 2 rings (SSSR count). The lowest BCUT2D eigenvalue weighted by Crippen LogP contribution is -2.28. The number of nitrogens with zero attached hydrogens (tertiary/aromatic N) is 1. The molecule has 1 fully saturated rings. The third-order valence-electron chi connectivity index (χ3n) is 3.71. The lowest BCUT2D eigenvalue weighted by Gasteiger charge is -2.27. The average molecular weight is 332 g/mol. The summed E-state index contributed by atoms with van der Waals surface area (Å²) in [6, 6.07) is 6.53. The fourth-order valence-electron chi connectivity index (χ4n) is 2.80. The van der Waals surface area contributed by atoms with Crippen molar-refractivity contribution in [1.29, 1.82) is 0 Å². The van der Waals surface area contributed by atoms with E-state index in [1.807, 2.05) is 12.1 Å². The van der Waals surface area contributed by atoms with Crippen molar-refractivity contribution < 1.29 is 0 Å². The van der Waals surface area contributed by atoms with Gasteiger partial charge < -0.3 is 5.32 Å². The van der Waals surface area contributed by atoms with Crippen molar-refractivity contribution in [2.24, 2.45) is 5.92 Å². The van der Waals surface area contributed by atoms with Crippen LogP contribution in [-0.4, -0.2) is 31.6 Å². The summed E-state index contributed by atoms with van der Waals surface area (Å²) in [5, 5.41) is 4.29. The van der Waals surface area contributed by atoms with Gasteiger partial charge in [0.05, 0.1) is 0 Å². The van der Waals surface area contributed by atoms with Crippen LogP contribution in [0.1, 0.15) is 24.9 Å². The van der Waals surface area contributed by atoms with Gasteiger partial charge in [-0.15, -0.1) is 0 Å². The van der Waals surface area contributed by atoms with Crippen LogP contribution in [0.25, 0.3) is 0 Å². The van der Waals surface area contributed by atoms with Gasteiger partial charge in [0.1, 0.15) is 0 Å². The van der Waals surface area contributed by atoms with Crippen LogP contribution in [0.15, 0.2) is 22.7 Å². The summed E-state index contributed by atoms with van der Waals surface area (Å²) in [6.07, 6.45) is 1.24. The zero-order valence-corrected chi connectivity index (χ0v) is 13.3. The maximum absolute atomic E-state index is 6.14. The second kappa shape index (κ2) is 6.38. The van der Waals surface area contributed by atoms with Crippen molar-refractivity contribution in [2.75, 3.05) is 26.7 Å². The minimum absolute atomic E-state index is 0.456. The van der Waals surface area contributed by atoms with E-state index >= 15 is 0 Å². The van der Waals surface area contributed by atoms with E-state index in [9.17, 15) is 0 Å². The van der Waals surface area contributed by atoms with E-state index in [2.05, 4.69) is 46.2 Å². The van der Waals surface area contributed by atoms with Gasteiger partial charge in [0.2, 0.25) is 0 Å². The van der Waals surface area contributed by atoms with Gasteiger partial charge in [0.25, 0.3) is 0 Å². The molecule has 18 heavy (non-hydrogen) atoms. The summed E-state index contributed by atoms with van der Waals surface area (Å²) in [4.78, 5) is 2.43. The minimum Gasteiger partial charge on any atom is -0.317 e. The molecule has 4 heteroatoms. The van der Waals surface area contributed by atoms with Gasteiger partial charge in [-0.1, -0.05) is 34.5 Å². The van der Waals surface area contributed by atoms with E-state index in [4.69, 9.17) is 11.6 Å². The van der Waals surface area contributed by atoms with Gasteiger partial charge in [0.15, 0.2) is 0 Å². The maximum atomic E-state index is 6.14. The highest BCUT2D eigenvalue weighted by atomic mass is 79.9. The van der Waals surface area contributed by atoms with Crippen LogP contribution in [-0.2, 0) is 0 Å². The average Bonchev–Trinajstić information content (AvgIpc) is 2.71. The molecule has 0 aromatic heterocycles. The standard InChI is InChI=1S/C14H20BrClN2/c1-3-17-9-10-6-7-18(2)14(10)12-8-11(16)4-5-13(12)15/h4-5,8,10,14,17H,3,6-7,9H2,1-2H3. The molecule has 1 aromatic carbocycles. The number of halogens is 2. The van der Waals surface area contributed by atoms with Crippen LogP contribution in [0.3, 0.4) is 0 Å². The van der Waals surface area contributed by atoms with Gasteiger partial charge >= 0.3 is 0 Å². The summed E-state index contributed by atoms with van der Waals surface area (Å²) in [7, 11) is 2.20. The van der Waals surface area contributed by atoms with Crippen molar-refractivity contribution in [3.63, 3.8) is 0 Å². The third kappa shape index (κ3) is 3.08. The fraction of sp³-hybridized carbons (Fsp3) is 0.571. The Bertz CT molecular complexity index is 411. The predicted molar refractivity (Wildman–Crippen MR) is 81.2 cm³/mol. The van der Waals surface area contributed by atoms with Crippen LogP contribution in [0, 0.1) is 5.92 Å². The summed E-state index contributed by atoms with van der Waals surface area (Å²) in [5.41, 5.74) is 1.31. The van der Waals surface area contributed by atoms with Gasteiger partial charge in [-0.05, 0) is 62.8 Å². The van der Waals surface area contributed by atoms with Crippen LogP contribution in [0.2, 0.25) is 5.02 Å². The van der Waals surface area contributed by atoms with E-state index in [0.29, 0.717) is 12.0 Å². The molecule has 0 radical (unpaired) electrons. The van der Waals surface area contributed by atoms with Crippen molar-refractivity contribution in [3.05, 3.63) is 33.3 Å². The molecule has 1 N–H and O–H groups in total. The number of nitrogens with one attached hydrogen (secondary N) is 1. The van der Waals surface area contributed by atoms with E-state index in [-0.39, 0.29) is 0 Å². The molecule has 0 saturated carbocycles. The Balaban J connectivity index is 2.24. The van der Waals surface area contributed by atoms with Crippen LogP contribution < -0.4 is 5.32 Å². The lowest BCUT2D eigenvalue weighted by atomic mass is 9.93. The minimum atomic E-state index is 0.456. The molecular formula is C14H20BrClN2. The summed E-state index contributed by atoms with van der Waals surface area (Å²) < 4.78 is 1.16. The highest BCUT2D eigenvalue weighted by Crippen LogP contribution is 2.39. The van der Waals surface area contributed by atoms with Gasteiger partial charge in [-0.25, -0.2) is 0 Å². The normalized spacial score (nSPS) is 24.7. The first-order valence-corrected chi connectivity index (χ1v) is 7.66. The molecule has 2 nitrogen and oxygen atoms in total. The van der Waals surface area contributed by atoms with Crippen molar-refractivity contribution in [1.82, 2.24) is 10.2 Å². The van der Waals surface area contributed by atoms with Crippen molar-refractivity contribution >= 4 is 27.5 Å². The summed E-state index contributed by atoms with van der Waals surface area (Å²) >= 11 is 9.80. The first kappa shape index (κ1) is 14.3. The van der Waals surface area contributed by atoms with Crippen LogP contribution >= 0.6 is 27.5 Å². The first-order chi connectivity index (χ1) is 8.63. The molecule has 1 saturated heterocycles. The number of hydrogen-bond acceptors (Lipinski definition) is 2. The number of benzene rings is 1. The Labute approximate surface area is 123 Å². The molecule has 0 spiro atoms. The number of likely N-dealkylation sites (tertiary alicyclic amines) is 1. The Morgan fingerprint density at radius 2 is 2.28 bits per heavy atom. The molecule has 1 aliphatic heterocycles. The number of hydrogen-bond donors (Lipinski definition) is 1. The van der Waals surface area contributed by atoms with E-state index in [1.54, 1.807) is 0 Å². The largest absolute Gasteiger partial charge is 0.317 e. The van der Waals surface area contributed by atoms with Gasteiger partial charge in [0, 0.05) is 15.5 Å². The van der Waals surface area contributed by atoms with Crippen LogP contribution in [0.4, 0.5) is 0 Å². The molecule has 0 amide bonds. The van der Waals surface area contributed by atoms with Crippen molar-refractivity contribution in [3.8, 4) is 0 Å². The molecule has 100 valence electrons. The zero-order valence-electron chi connectivity index (χ0n) is 10.9. The zero-order chi connectivity index (χ0) is 13.1. The SMILES string of the molecule is CCNCC1CCN(C)C1c1cc(Cl)ccc1Br. The second-order valence-corrected chi connectivity index (χ2v) is 6.24. The highest BCUT2D eigenvalue weighted by molar-refractivity contribution is 9.10. The Morgan fingerprint density at radius 1 is 1.50 bits per heavy atom. The van der Waals surface area contributed by atoms with Crippen LogP contribution in [0.5, 0.6) is 0 Å². The fourth-order valence-corrected chi connectivity index (χ4v) is 3.46. The quantitative estimate of drug-likeness (QED) is 0.905. The molecular weight excluding hydrogens is 312 g/mol. The molecule has 2 atom stereocenters. The monoisotopic (exact) mass is 330 g/mol. The maximum Gasteiger partial charge on any atom is 0.0410 e. The third-order valence-corrected chi connectivity index (χ3v) is 4.66. The Hall–Kier alpha value is -0.0900. The van der Waals surface area contributed by atoms with E-state index < -0.39 is 0 Å². The Morgan fingerprint density at radius 3 is 3.00 bits per heavy atom. The predicted octanol–water partition coefficient (Wildman–Crippen LogP) is 3.70. The molecule has 1 aliphatic rings. The second-order valence-electron chi connectivity index (χ2n) is 4.95. The number of rotatable bonds is 4. The Kier molecular flexibility index (Phi) is 5.07. The molecule has 0 aliphatic carbocycles. The van der Waals surface area contributed by atoms with Gasteiger partial charge in [-0.3, -0.25) is 4.90 Å². The van der Waals surface area contributed by atoms with E-state index in [1.165, 1.54) is 12.0 Å². The first-order valence-electron chi connectivity index (χ1n) is 6.49. The molecule has 2 unspecified atom stereocenters. The molecule has 0 bridgehead atoms. The smallest absolute Gasteiger partial charge is 0.0410 e. The molecule has 1 heterocycles. The van der Waals surface area contributed by atoms with E-state index in [0.717, 1.165) is 29.1 Å².